The van der Waals surface area contributed by atoms with Crippen molar-refractivity contribution >= 4 is 11.6 Å². The molecule has 0 bridgehead atoms. The zero-order valence-electron chi connectivity index (χ0n) is 17.8. The lowest BCUT2D eigenvalue weighted by Crippen LogP contribution is -2.30. The van der Waals surface area contributed by atoms with Gasteiger partial charge in [-0.3, -0.25) is 4.79 Å². The molecule has 6 heteroatoms. The number of nitrogens with one attached hydrogen (secondary N) is 3. The van der Waals surface area contributed by atoms with Crippen molar-refractivity contribution in [2.45, 2.75) is 19.9 Å². The summed E-state index contributed by atoms with van der Waals surface area (Å²) in [6.45, 7) is 3.56. The fourth-order valence-electron chi connectivity index (χ4n) is 3.01. The van der Waals surface area contributed by atoms with E-state index in [1.54, 1.807) is 0 Å². The van der Waals surface area contributed by atoms with Crippen molar-refractivity contribution < 1.29 is 14.3 Å². The summed E-state index contributed by atoms with van der Waals surface area (Å²) in [5.74, 6) is 1.02. The predicted molar refractivity (Wildman–Crippen MR) is 123 cm³/mol. The highest BCUT2D eigenvalue weighted by molar-refractivity contribution is 5.77. The van der Waals surface area contributed by atoms with Gasteiger partial charge in [-0.2, -0.15) is 0 Å². The fraction of sp³-hybridized carbons (Fsp3) is 0.240. The van der Waals surface area contributed by atoms with E-state index in [9.17, 15) is 4.79 Å². The molecule has 3 rings (SSSR count). The van der Waals surface area contributed by atoms with Gasteiger partial charge in [0.05, 0.1) is 6.61 Å². The Morgan fingerprint density at radius 2 is 1.58 bits per heavy atom. The number of rotatable bonds is 12. The first-order valence-corrected chi connectivity index (χ1v) is 10.5. The van der Waals surface area contributed by atoms with Crippen LogP contribution in [0.5, 0.6) is 11.5 Å². The van der Waals surface area contributed by atoms with Crippen LogP contribution in [0.15, 0.2) is 78.9 Å². The molecule has 0 fully saturated rings. The maximum Gasteiger partial charge on any atom is 0.257 e. The van der Waals surface area contributed by atoms with E-state index in [4.69, 9.17) is 9.47 Å². The van der Waals surface area contributed by atoms with Crippen LogP contribution in [0, 0.1) is 0 Å². The summed E-state index contributed by atoms with van der Waals surface area (Å²) in [5, 5.41) is 2.88. The highest BCUT2D eigenvalue weighted by Gasteiger charge is 2.09. The molecule has 162 valence electrons. The van der Waals surface area contributed by atoms with E-state index in [0.717, 1.165) is 17.7 Å². The Kier molecular flexibility index (Phi) is 8.76. The molecule has 0 aliphatic carbocycles. The minimum atomic E-state index is -0.156. The van der Waals surface area contributed by atoms with Crippen LogP contribution in [0.1, 0.15) is 18.1 Å². The molecule has 0 saturated heterocycles. The molecular weight excluding hydrogens is 390 g/mol. The lowest BCUT2D eigenvalue weighted by Gasteiger charge is -2.14. The Hall–Kier alpha value is -3.51. The molecule has 0 aromatic heterocycles. The maximum absolute atomic E-state index is 12.1. The fourth-order valence-corrected chi connectivity index (χ4v) is 3.01. The highest BCUT2D eigenvalue weighted by Crippen LogP contribution is 2.28. The second kappa shape index (κ2) is 12.2. The number of benzene rings is 3. The average molecular weight is 420 g/mol. The van der Waals surface area contributed by atoms with Crippen molar-refractivity contribution in [3.63, 3.8) is 0 Å². The van der Waals surface area contributed by atoms with E-state index in [1.165, 1.54) is 5.56 Å². The van der Waals surface area contributed by atoms with Crippen LogP contribution in [-0.2, 0) is 17.8 Å². The summed E-state index contributed by atoms with van der Waals surface area (Å²) in [6, 6.07) is 25.7. The van der Waals surface area contributed by atoms with Gasteiger partial charge in [0.25, 0.3) is 5.91 Å². The lowest BCUT2D eigenvalue weighted by molar-refractivity contribution is -0.123. The van der Waals surface area contributed by atoms with Crippen LogP contribution in [0.3, 0.4) is 0 Å². The molecular formula is C25H29N3O3. The number of hydrazine groups is 1. The van der Waals surface area contributed by atoms with Crippen molar-refractivity contribution in [2.75, 3.05) is 25.2 Å². The number of hydrogen-bond acceptors (Lipinski definition) is 5. The summed E-state index contributed by atoms with van der Waals surface area (Å²) in [6.07, 6.45) is 0.787. The second-order valence-corrected chi connectivity index (χ2v) is 6.93. The number of anilines is 1. The van der Waals surface area contributed by atoms with Gasteiger partial charge in [0.2, 0.25) is 0 Å². The zero-order valence-corrected chi connectivity index (χ0v) is 17.8. The van der Waals surface area contributed by atoms with Gasteiger partial charge in [0, 0.05) is 18.8 Å². The Morgan fingerprint density at radius 1 is 0.839 bits per heavy atom. The van der Waals surface area contributed by atoms with Crippen molar-refractivity contribution in [3.8, 4) is 11.5 Å². The molecule has 0 spiro atoms. The molecule has 3 N–H and O–H groups in total. The number of carbonyl (C=O) groups is 1. The monoisotopic (exact) mass is 419 g/mol. The highest BCUT2D eigenvalue weighted by atomic mass is 16.5. The molecule has 31 heavy (non-hydrogen) atoms. The van der Waals surface area contributed by atoms with Gasteiger partial charge in [-0.25, -0.2) is 5.43 Å². The van der Waals surface area contributed by atoms with Crippen LogP contribution in [0.4, 0.5) is 5.69 Å². The van der Waals surface area contributed by atoms with Gasteiger partial charge in [-0.15, -0.1) is 0 Å². The number of ether oxygens (including phenoxy) is 2. The minimum Gasteiger partial charge on any atom is -0.490 e. The molecule has 6 nitrogen and oxygen atoms in total. The normalized spacial score (nSPS) is 10.4. The molecule has 0 atom stereocenters. The van der Waals surface area contributed by atoms with Crippen LogP contribution >= 0.6 is 0 Å². The van der Waals surface area contributed by atoms with Crippen LogP contribution in [-0.4, -0.2) is 25.7 Å². The SMILES string of the molecule is CCOc1cc(CNNc2ccccc2)ccc1OCC(=O)NCCc1ccccc1. The van der Waals surface area contributed by atoms with E-state index in [-0.39, 0.29) is 12.5 Å². The minimum absolute atomic E-state index is 0.0535. The molecule has 1 amide bonds. The van der Waals surface area contributed by atoms with E-state index < -0.39 is 0 Å². The van der Waals surface area contributed by atoms with Crippen molar-refractivity contribution in [1.82, 2.24) is 10.7 Å². The molecule has 3 aromatic carbocycles. The van der Waals surface area contributed by atoms with E-state index >= 15 is 0 Å². The topological polar surface area (TPSA) is 71.6 Å². The summed E-state index contributed by atoms with van der Waals surface area (Å²) in [7, 11) is 0. The molecule has 3 aromatic rings. The van der Waals surface area contributed by atoms with Gasteiger partial charge in [0.15, 0.2) is 18.1 Å². The Labute approximate surface area is 183 Å². The average Bonchev–Trinajstić information content (AvgIpc) is 2.80. The Bertz CT molecular complexity index is 933. The molecule has 0 aliphatic rings. The van der Waals surface area contributed by atoms with Crippen molar-refractivity contribution in [1.29, 1.82) is 0 Å². The third-order valence-electron chi connectivity index (χ3n) is 4.54. The third-order valence-corrected chi connectivity index (χ3v) is 4.54. The smallest absolute Gasteiger partial charge is 0.257 e. The number of amides is 1. The summed E-state index contributed by atoms with van der Waals surface area (Å²) >= 11 is 0. The Morgan fingerprint density at radius 3 is 2.32 bits per heavy atom. The van der Waals surface area contributed by atoms with Gasteiger partial charge in [0.1, 0.15) is 0 Å². The van der Waals surface area contributed by atoms with Crippen LogP contribution in [0.25, 0.3) is 0 Å². The summed E-state index contributed by atoms with van der Waals surface area (Å²) in [5.41, 5.74) is 9.55. The number of hydrogen-bond donors (Lipinski definition) is 3. The summed E-state index contributed by atoms with van der Waals surface area (Å²) < 4.78 is 11.4. The zero-order chi connectivity index (χ0) is 21.7. The van der Waals surface area contributed by atoms with Crippen molar-refractivity contribution in [2.24, 2.45) is 0 Å². The van der Waals surface area contributed by atoms with Gasteiger partial charge in [-0.05, 0) is 48.7 Å². The largest absolute Gasteiger partial charge is 0.490 e. The standard InChI is InChI=1S/C25H29N3O3/c1-2-30-24-17-21(18-27-28-22-11-7-4-8-12-22)13-14-23(24)31-19-25(29)26-16-15-20-9-5-3-6-10-20/h3-14,17,27-28H,2,15-16,18-19H2,1H3,(H,26,29). The third kappa shape index (κ3) is 7.68. The molecule has 0 unspecified atom stereocenters. The Balaban J connectivity index is 1.46. The van der Waals surface area contributed by atoms with Gasteiger partial charge in [-0.1, -0.05) is 54.6 Å². The van der Waals surface area contributed by atoms with E-state index in [0.29, 0.717) is 31.2 Å². The van der Waals surface area contributed by atoms with Crippen LogP contribution < -0.4 is 25.6 Å². The number of carbonyl (C=O) groups excluding carboxylic acids is 1. The molecule has 0 heterocycles. The molecule has 0 radical (unpaired) electrons. The first-order valence-electron chi connectivity index (χ1n) is 10.5. The van der Waals surface area contributed by atoms with Crippen LogP contribution in [0.2, 0.25) is 0 Å². The molecule has 0 aliphatic heterocycles. The second-order valence-electron chi connectivity index (χ2n) is 6.93. The number of para-hydroxylation sites is 1. The van der Waals surface area contributed by atoms with Gasteiger partial charge < -0.3 is 20.2 Å². The van der Waals surface area contributed by atoms with E-state index in [2.05, 4.69) is 16.2 Å². The maximum atomic E-state index is 12.1. The lowest BCUT2D eigenvalue weighted by atomic mass is 10.1. The summed E-state index contributed by atoms with van der Waals surface area (Å²) in [4.78, 5) is 12.1. The first-order chi connectivity index (χ1) is 15.2. The first kappa shape index (κ1) is 22.2. The predicted octanol–water partition coefficient (Wildman–Crippen LogP) is 3.94. The quantitative estimate of drug-likeness (QED) is 0.388. The van der Waals surface area contributed by atoms with E-state index in [1.807, 2.05) is 85.8 Å². The van der Waals surface area contributed by atoms with Gasteiger partial charge >= 0.3 is 0 Å². The van der Waals surface area contributed by atoms with Crippen molar-refractivity contribution in [3.05, 3.63) is 90.0 Å². The molecule has 0 saturated carbocycles.